The van der Waals surface area contributed by atoms with Crippen LogP contribution in [0, 0.1) is 6.92 Å². The Morgan fingerprint density at radius 3 is 2.81 bits per heavy atom. The van der Waals surface area contributed by atoms with Crippen LogP contribution < -0.4 is 0 Å². The minimum Gasteiger partial charge on any atom is -0.452 e. The van der Waals surface area contributed by atoms with E-state index in [0.717, 1.165) is 18.4 Å². The molecular formula is C19H20ClN3O3. The van der Waals surface area contributed by atoms with Crippen LogP contribution in [0.2, 0.25) is 5.15 Å². The zero-order valence-electron chi connectivity index (χ0n) is 14.7. The molecule has 3 aromatic rings. The topological polar surface area (TPSA) is 70.2 Å². The summed E-state index contributed by atoms with van der Waals surface area (Å²) in [5.74, 6) is 0.414. The number of benzene rings is 1. The number of hydrogen-bond donors (Lipinski definition) is 0. The number of ether oxygens (including phenoxy) is 1. The van der Waals surface area contributed by atoms with E-state index in [1.807, 2.05) is 30.3 Å². The van der Waals surface area contributed by atoms with E-state index in [-0.39, 0.29) is 12.2 Å². The average molecular weight is 374 g/mol. The van der Waals surface area contributed by atoms with Gasteiger partial charge in [-0.25, -0.2) is 9.78 Å². The van der Waals surface area contributed by atoms with E-state index in [0.29, 0.717) is 29.0 Å². The number of hydrogen-bond acceptors (Lipinski definition) is 5. The van der Waals surface area contributed by atoms with Gasteiger partial charge in [0.05, 0.1) is 11.9 Å². The van der Waals surface area contributed by atoms with Gasteiger partial charge in [-0.15, -0.1) is 0 Å². The number of halogens is 1. The molecule has 2 heterocycles. The van der Waals surface area contributed by atoms with Gasteiger partial charge in [-0.3, -0.25) is 4.68 Å². The van der Waals surface area contributed by atoms with Crippen LogP contribution in [-0.4, -0.2) is 20.7 Å². The summed E-state index contributed by atoms with van der Waals surface area (Å²) in [7, 11) is 0. The molecule has 2 aromatic heterocycles. The standard InChI is InChI=1S/C19H20ClN3O3/c1-3-4-10-23-18(20)17(13(2)22-23)19(24)25-12-16-21-11-15(26-16)14-8-6-5-7-9-14/h5-9,11H,3-4,10,12H2,1-2H3. The first-order valence-electron chi connectivity index (χ1n) is 8.50. The van der Waals surface area contributed by atoms with E-state index in [1.165, 1.54) is 0 Å². The molecule has 1 aromatic carbocycles. The second kappa shape index (κ2) is 8.19. The highest BCUT2D eigenvalue weighted by molar-refractivity contribution is 6.32. The van der Waals surface area contributed by atoms with E-state index in [2.05, 4.69) is 17.0 Å². The molecule has 7 heteroatoms. The van der Waals surface area contributed by atoms with Gasteiger partial charge in [0.15, 0.2) is 12.4 Å². The van der Waals surface area contributed by atoms with Crippen molar-refractivity contribution < 1.29 is 13.9 Å². The number of rotatable bonds is 7. The molecule has 0 radical (unpaired) electrons. The maximum atomic E-state index is 12.4. The summed E-state index contributed by atoms with van der Waals surface area (Å²) in [6.07, 6.45) is 3.57. The molecule has 0 amide bonds. The van der Waals surface area contributed by atoms with E-state index in [4.69, 9.17) is 20.8 Å². The summed E-state index contributed by atoms with van der Waals surface area (Å²) in [4.78, 5) is 16.5. The zero-order valence-corrected chi connectivity index (χ0v) is 15.5. The number of oxazole rings is 1. The molecule has 0 saturated heterocycles. The molecule has 136 valence electrons. The van der Waals surface area contributed by atoms with Crippen LogP contribution in [0.5, 0.6) is 0 Å². The Morgan fingerprint density at radius 1 is 1.31 bits per heavy atom. The molecule has 0 aliphatic rings. The third-order valence-corrected chi connectivity index (χ3v) is 4.32. The van der Waals surface area contributed by atoms with E-state index in [9.17, 15) is 4.79 Å². The first kappa shape index (κ1) is 18.2. The monoisotopic (exact) mass is 373 g/mol. The summed E-state index contributed by atoms with van der Waals surface area (Å²) >= 11 is 6.29. The van der Waals surface area contributed by atoms with Crippen molar-refractivity contribution in [3.8, 4) is 11.3 Å². The van der Waals surface area contributed by atoms with Crippen LogP contribution in [0.4, 0.5) is 0 Å². The second-order valence-electron chi connectivity index (χ2n) is 5.89. The Morgan fingerprint density at radius 2 is 2.08 bits per heavy atom. The molecule has 6 nitrogen and oxygen atoms in total. The van der Waals surface area contributed by atoms with Crippen LogP contribution in [0.1, 0.15) is 41.7 Å². The summed E-state index contributed by atoms with van der Waals surface area (Å²) < 4.78 is 12.6. The van der Waals surface area contributed by atoms with Gasteiger partial charge in [0.1, 0.15) is 10.7 Å². The first-order chi connectivity index (χ1) is 12.6. The van der Waals surface area contributed by atoms with Crippen molar-refractivity contribution in [3.63, 3.8) is 0 Å². The van der Waals surface area contributed by atoms with Crippen molar-refractivity contribution in [2.24, 2.45) is 0 Å². The van der Waals surface area contributed by atoms with Crippen molar-refractivity contribution in [2.75, 3.05) is 0 Å². The van der Waals surface area contributed by atoms with E-state index < -0.39 is 5.97 Å². The molecule has 0 atom stereocenters. The lowest BCUT2D eigenvalue weighted by Gasteiger charge is -2.03. The fourth-order valence-electron chi connectivity index (χ4n) is 2.55. The lowest BCUT2D eigenvalue weighted by molar-refractivity contribution is 0.0438. The van der Waals surface area contributed by atoms with Gasteiger partial charge < -0.3 is 9.15 Å². The number of carbonyl (C=O) groups is 1. The maximum Gasteiger partial charge on any atom is 0.343 e. The Kier molecular flexibility index (Phi) is 5.73. The third kappa shape index (κ3) is 3.96. The Bertz CT molecular complexity index is 887. The molecule has 0 unspecified atom stereocenters. The number of nitrogens with zero attached hydrogens (tertiary/aromatic N) is 3. The van der Waals surface area contributed by atoms with Gasteiger partial charge in [0, 0.05) is 12.1 Å². The summed E-state index contributed by atoms with van der Waals surface area (Å²) in [6.45, 7) is 4.42. The lowest BCUT2D eigenvalue weighted by Crippen LogP contribution is -2.07. The Balaban J connectivity index is 1.66. The molecule has 0 fully saturated rings. The molecule has 0 spiro atoms. The number of carbonyl (C=O) groups excluding carboxylic acids is 1. The SMILES string of the molecule is CCCCn1nc(C)c(C(=O)OCc2ncc(-c3ccccc3)o2)c1Cl. The van der Waals surface area contributed by atoms with Crippen molar-refractivity contribution in [2.45, 2.75) is 39.8 Å². The Labute approximate surface area is 156 Å². The van der Waals surface area contributed by atoms with Crippen molar-refractivity contribution in [3.05, 3.63) is 58.8 Å². The third-order valence-electron chi connectivity index (χ3n) is 3.93. The molecule has 0 bridgehead atoms. The minimum atomic E-state index is -0.533. The molecule has 0 saturated carbocycles. The number of unbranched alkanes of at least 4 members (excludes halogenated alkanes) is 1. The summed E-state index contributed by atoms with van der Waals surface area (Å²) in [5.41, 5.74) is 1.75. The van der Waals surface area contributed by atoms with Crippen molar-refractivity contribution in [1.29, 1.82) is 0 Å². The molecule has 0 N–H and O–H groups in total. The van der Waals surface area contributed by atoms with Crippen LogP contribution in [0.3, 0.4) is 0 Å². The number of aryl methyl sites for hydroxylation is 2. The van der Waals surface area contributed by atoms with Gasteiger partial charge >= 0.3 is 5.97 Å². The van der Waals surface area contributed by atoms with Gasteiger partial charge in [-0.05, 0) is 13.3 Å². The van der Waals surface area contributed by atoms with Crippen LogP contribution >= 0.6 is 11.6 Å². The minimum absolute atomic E-state index is 0.0679. The fourth-order valence-corrected chi connectivity index (χ4v) is 2.89. The highest BCUT2D eigenvalue weighted by Gasteiger charge is 2.22. The van der Waals surface area contributed by atoms with Crippen LogP contribution in [0.15, 0.2) is 40.9 Å². The van der Waals surface area contributed by atoms with E-state index in [1.54, 1.807) is 17.8 Å². The van der Waals surface area contributed by atoms with Crippen molar-refractivity contribution in [1.82, 2.24) is 14.8 Å². The molecule has 0 aliphatic heterocycles. The number of aromatic nitrogens is 3. The van der Waals surface area contributed by atoms with Crippen LogP contribution in [-0.2, 0) is 17.9 Å². The Hall–Kier alpha value is -2.60. The average Bonchev–Trinajstić information content (AvgIpc) is 3.23. The molecule has 3 rings (SSSR count). The highest BCUT2D eigenvalue weighted by atomic mass is 35.5. The normalized spacial score (nSPS) is 10.9. The summed E-state index contributed by atoms with van der Waals surface area (Å²) in [6, 6.07) is 9.60. The highest BCUT2D eigenvalue weighted by Crippen LogP contribution is 2.23. The molecule has 26 heavy (non-hydrogen) atoms. The predicted octanol–water partition coefficient (Wildman–Crippen LogP) is 4.66. The summed E-state index contributed by atoms with van der Waals surface area (Å²) in [5, 5.41) is 4.62. The largest absolute Gasteiger partial charge is 0.452 e. The maximum absolute atomic E-state index is 12.4. The quantitative estimate of drug-likeness (QED) is 0.563. The van der Waals surface area contributed by atoms with Gasteiger partial charge in [-0.2, -0.15) is 5.10 Å². The van der Waals surface area contributed by atoms with Gasteiger partial charge in [0.25, 0.3) is 0 Å². The lowest BCUT2D eigenvalue weighted by atomic mass is 10.2. The van der Waals surface area contributed by atoms with Gasteiger partial charge in [0.2, 0.25) is 5.89 Å². The molecule has 0 aliphatic carbocycles. The first-order valence-corrected chi connectivity index (χ1v) is 8.88. The van der Waals surface area contributed by atoms with Crippen molar-refractivity contribution >= 4 is 17.6 Å². The second-order valence-corrected chi connectivity index (χ2v) is 6.25. The fraction of sp³-hybridized carbons (Fsp3) is 0.316. The zero-order chi connectivity index (χ0) is 18.5. The van der Waals surface area contributed by atoms with Crippen LogP contribution in [0.25, 0.3) is 11.3 Å². The van der Waals surface area contributed by atoms with Gasteiger partial charge in [-0.1, -0.05) is 55.3 Å². The number of esters is 1. The predicted molar refractivity (Wildman–Crippen MR) is 97.9 cm³/mol. The molecular weight excluding hydrogens is 354 g/mol. The van der Waals surface area contributed by atoms with E-state index >= 15 is 0 Å². The smallest absolute Gasteiger partial charge is 0.343 e.